The van der Waals surface area contributed by atoms with Crippen molar-refractivity contribution in [2.75, 3.05) is 18.6 Å². The lowest BCUT2D eigenvalue weighted by Crippen LogP contribution is -2.30. The van der Waals surface area contributed by atoms with E-state index in [-0.39, 0.29) is 0 Å². The zero-order valence-electron chi connectivity index (χ0n) is 10.4. The number of hydrogen-bond donors (Lipinski definition) is 2. The molecule has 2 atom stereocenters. The Balaban J connectivity index is 2.54. The molecule has 106 valence electrons. The van der Waals surface area contributed by atoms with Gasteiger partial charge in [-0.15, -0.1) is 0 Å². The summed E-state index contributed by atoms with van der Waals surface area (Å²) in [5.74, 6) is -0.0143. The summed E-state index contributed by atoms with van der Waals surface area (Å²) in [6, 6.07) is 4.49. The summed E-state index contributed by atoms with van der Waals surface area (Å²) in [5, 5.41) is 13.1. The van der Waals surface area contributed by atoms with Gasteiger partial charge < -0.3 is 10.4 Å². The first-order valence-electron chi connectivity index (χ1n) is 5.62. The van der Waals surface area contributed by atoms with Crippen LogP contribution >= 0.6 is 23.2 Å². The molecule has 0 radical (unpaired) electrons. The molecule has 1 rings (SSSR count). The minimum absolute atomic E-state index is 0.342. The lowest BCUT2D eigenvalue weighted by atomic mass is 10.1. The second-order valence-electron chi connectivity index (χ2n) is 4.03. The highest BCUT2D eigenvalue weighted by molar-refractivity contribution is 7.84. The minimum Gasteiger partial charge on any atom is -0.378 e. The van der Waals surface area contributed by atoms with Gasteiger partial charge in [-0.1, -0.05) is 23.2 Å². The molecule has 1 aromatic rings. The Morgan fingerprint density at radius 1 is 1.37 bits per heavy atom. The molecule has 1 amide bonds. The van der Waals surface area contributed by atoms with Gasteiger partial charge in [0.1, 0.15) is 0 Å². The van der Waals surface area contributed by atoms with E-state index in [0.717, 1.165) is 0 Å². The molecule has 0 saturated heterocycles. The van der Waals surface area contributed by atoms with Crippen molar-refractivity contribution in [1.82, 2.24) is 5.32 Å². The molecule has 0 aliphatic carbocycles. The van der Waals surface area contributed by atoms with Crippen LogP contribution in [0.25, 0.3) is 0 Å². The molecular weight excluding hydrogens is 309 g/mol. The number of aliphatic hydroxyl groups excluding tert-OH is 1. The van der Waals surface area contributed by atoms with E-state index in [9.17, 15) is 14.1 Å². The van der Waals surface area contributed by atoms with E-state index in [4.69, 9.17) is 23.2 Å². The Bertz CT molecular complexity index is 462. The molecule has 1 aromatic carbocycles. The average Bonchev–Trinajstić information content (AvgIpc) is 2.32. The number of benzene rings is 1. The van der Waals surface area contributed by atoms with Crippen molar-refractivity contribution in [1.29, 1.82) is 0 Å². The average molecular weight is 324 g/mol. The van der Waals surface area contributed by atoms with Crippen molar-refractivity contribution in [3.8, 4) is 0 Å². The summed E-state index contributed by atoms with van der Waals surface area (Å²) >= 11 is 11.6. The van der Waals surface area contributed by atoms with Crippen LogP contribution in [0.3, 0.4) is 0 Å². The fourth-order valence-corrected chi connectivity index (χ4v) is 2.56. The lowest BCUT2D eigenvalue weighted by Gasteiger charge is -2.12. The predicted molar refractivity (Wildman–Crippen MR) is 78.0 cm³/mol. The van der Waals surface area contributed by atoms with Crippen LogP contribution in [0.1, 0.15) is 18.1 Å². The van der Waals surface area contributed by atoms with E-state index < -0.39 is 22.8 Å². The zero-order valence-corrected chi connectivity index (χ0v) is 12.7. The number of halogens is 2. The monoisotopic (exact) mass is 323 g/mol. The van der Waals surface area contributed by atoms with E-state index in [2.05, 4.69) is 5.32 Å². The number of carbonyl (C=O) groups excluding carboxylic acids is 1. The number of aliphatic hydroxyl groups is 1. The molecule has 0 saturated carbocycles. The maximum atomic E-state index is 11.7. The second kappa shape index (κ2) is 7.85. The van der Waals surface area contributed by atoms with Crippen molar-refractivity contribution < 1.29 is 14.1 Å². The molecule has 0 unspecified atom stereocenters. The number of amides is 1. The molecule has 0 aliphatic rings. The van der Waals surface area contributed by atoms with Crippen LogP contribution in [0.5, 0.6) is 0 Å². The van der Waals surface area contributed by atoms with Gasteiger partial charge in [0.05, 0.1) is 0 Å². The summed E-state index contributed by atoms with van der Waals surface area (Å²) < 4.78 is 10.8. The molecule has 0 bridgehead atoms. The van der Waals surface area contributed by atoms with Crippen LogP contribution in [-0.4, -0.2) is 33.8 Å². The third-order valence-corrected chi connectivity index (χ3v) is 3.66. The highest BCUT2D eigenvalue weighted by Gasteiger charge is 2.17. The summed E-state index contributed by atoms with van der Waals surface area (Å²) in [6.07, 6.45) is 0.881. The van der Waals surface area contributed by atoms with Gasteiger partial charge in [-0.25, -0.2) is 0 Å². The summed E-state index contributed by atoms with van der Waals surface area (Å²) in [4.78, 5) is 11.7. The van der Waals surface area contributed by atoms with Gasteiger partial charge in [-0.2, -0.15) is 0 Å². The van der Waals surface area contributed by atoms with Crippen molar-refractivity contribution >= 4 is 39.9 Å². The number of rotatable bonds is 6. The number of carbonyl (C=O) groups is 1. The smallest absolute Gasteiger partial charge is 0.253 e. The van der Waals surface area contributed by atoms with Crippen LogP contribution in [0.4, 0.5) is 0 Å². The van der Waals surface area contributed by atoms with Crippen LogP contribution in [0, 0.1) is 0 Å². The molecular formula is C12H15Cl2NO3S. The Labute approximate surface area is 124 Å². The fraction of sp³-hybridized carbons (Fsp3) is 0.417. The second-order valence-corrected chi connectivity index (χ2v) is 6.45. The Morgan fingerprint density at radius 3 is 2.47 bits per heavy atom. The quantitative estimate of drug-likeness (QED) is 0.786. The molecule has 4 nitrogen and oxygen atoms in total. The number of hydrogen-bond acceptors (Lipinski definition) is 3. The SMILES string of the molecule is C[S@@](=O)CCCNC(=O)[C@H](O)c1cc(Cl)cc(Cl)c1. The summed E-state index contributed by atoms with van der Waals surface area (Å²) in [7, 11) is -0.882. The van der Waals surface area contributed by atoms with Crippen molar-refractivity contribution in [3.05, 3.63) is 33.8 Å². The van der Waals surface area contributed by atoms with E-state index in [1.807, 2.05) is 0 Å². The summed E-state index contributed by atoms with van der Waals surface area (Å²) in [5.41, 5.74) is 0.342. The third-order valence-electron chi connectivity index (χ3n) is 2.36. The topological polar surface area (TPSA) is 66.4 Å². The molecule has 7 heteroatoms. The van der Waals surface area contributed by atoms with Crippen LogP contribution in [-0.2, 0) is 15.6 Å². The van der Waals surface area contributed by atoms with E-state index in [1.165, 1.54) is 18.2 Å². The van der Waals surface area contributed by atoms with Crippen molar-refractivity contribution in [2.45, 2.75) is 12.5 Å². The van der Waals surface area contributed by atoms with E-state index in [1.54, 1.807) is 6.26 Å². The largest absolute Gasteiger partial charge is 0.378 e. The maximum absolute atomic E-state index is 11.7. The first kappa shape index (κ1) is 16.4. The lowest BCUT2D eigenvalue weighted by molar-refractivity contribution is -0.129. The van der Waals surface area contributed by atoms with Crippen molar-refractivity contribution in [3.63, 3.8) is 0 Å². The third kappa shape index (κ3) is 5.91. The van der Waals surface area contributed by atoms with Gasteiger partial charge in [0.15, 0.2) is 6.10 Å². The van der Waals surface area contributed by atoms with Crippen LogP contribution in [0.2, 0.25) is 10.0 Å². The van der Waals surface area contributed by atoms with Gasteiger partial charge in [0, 0.05) is 39.4 Å². The van der Waals surface area contributed by atoms with Gasteiger partial charge in [0.2, 0.25) is 0 Å². The summed E-state index contributed by atoms with van der Waals surface area (Å²) in [6.45, 7) is 0.365. The maximum Gasteiger partial charge on any atom is 0.253 e. The van der Waals surface area contributed by atoms with Gasteiger partial charge >= 0.3 is 0 Å². The van der Waals surface area contributed by atoms with E-state index in [0.29, 0.717) is 34.3 Å². The number of nitrogens with one attached hydrogen (secondary N) is 1. The first-order valence-corrected chi connectivity index (χ1v) is 8.10. The van der Waals surface area contributed by atoms with Crippen LogP contribution in [0.15, 0.2) is 18.2 Å². The van der Waals surface area contributed by atoms with Gasteiger partial charge in [-0.3, -0.25) is 9.00 Å². The minimum atomic E-state index is -1.32. The Kier molecular flexibility index (Phi) is 6.79. The molecule has 0 aromatic heterocycles. The molecule has 0 fully saturated rings. The Hall–Kier alpha value is -0.620. The highest BCUT2D eigenvalue weighted by Crippen LogP contribution is 2.23. The molecule has 19 heavy (non-hydrogen) atoms. The van der Waals surface area contributed by atoms with Gasteiger partial charge in [0.25, 0.3) is 5.91 Å². The van der Waals surface area contributed by atoms with Crippen LogP contribution < -0.4 is 5.32 Å². The standard InChI is InChI=1S/C12H15Cl2NO3S/c1-19(18)4-2-3-15-12(17)11(16)8-5-9(13)7-10(14)6-8/h5-7,11,16H,2-4H2,1H3,(H,15,17)/t11-,19-/m1/s1. The molecule has 0 spiro atoms. The van der Waals surface area contributed by atoms with Crippen molar-refractivity contribution in [2.24, 2.45) is 0 Å². The molecule has 2 N–H and O–H groups in total. The van der Waals surface area contributed by atoms with E-state index >= 15 is 0 Å². The zero-order chi connectivity index (χ0) is 14.4. The molecule has 0 aliphatic heterocycles. The Morgan fingerprint density at radius 2 is 1.95 bits per heavy atom. The predicted octanol–water partition coefficient (Wildman–Crippen LogP) is 1.91. The first-order chi connectivity index (χ1) is 8.90. The fourth-order valence-electron chi connectivity index (χ4n) is 1.47. The van der Waals surface area contributed by atoms with Gasteiger partial charge in [-0.05, 0) is 30.2 Å². The normalized spacial score (nSPS) is 13.9. The molecule has 0 heterocycles. The highest BCUT2D eigenvalue weighted by atomic mass is 35.5.